The molecule has 5 heteroatoms. The normalized spacial score (nSPS) is 10.4. The zero-order valence-electron chi connectivity index (χ0n) is 12.8. The predicted octanol–water partition coefficient (Wildman–Crippen LogP) is 2.17. The van der Waals surface area contributed by atoms with Crippen LogP contribution in [0.5, 0.6) is 0 Å². The van der Waals surface area contributed by atoms with Crippen molar-refractivity contribution in [3.05, 3.63) is 23.8 Å². The van der Waals surface area contributed by atoms with Crippen LogP contribution >= 0.6 is 11.8 Å². The number of hydrogen-bond acceptors (Lipinski definition) is 4. The molecule has 4 nitrogen and oxygen atoms in total. The minimum Gasteiger partial charge on any atom is -0.365 e. The summed E-state index contributed by atoms with van der Waals surface area (Å²) in [4.78, 5) is 17.2. The van der Waals surface area contributed by atoms with Gasteiger partial charge >= 0.3 is 0 Å². The summed E-state index contributed by atoms with van der Waals surface area (Å²) in [6.45, 7) is 6.36. The molecule has 0 aliphatic heterocycles. The van der Waals surface area contributed by atoms with Gasteiger partial charge in [0.2, 0.25) is 5.91 Å². The molecule has 0 aliphatic carbocycles. The second-order valence-corrected chi connectivity index (χ2v) is 5.43. The van der Waals surface area contributed by atoms with Crippen molar-refractivity contribution in [3.8, 4) is 0 Å². The van der Waals surface area contributed by atoms with E-state index in [2.05, 4.69) is 6.07 Å². The first kappa shape index (κ1) is 16.9. The Morgan fingerprint density at radius 2 is 1.95 bits per heavy atom. The molecule has 0 aliphatic rings. The SMILES string of the molecule is CCN(CC)C(=O)CN(C)c1cccc(SC)c1CN. The van der Waals surface area contributed by atoms with Crippen molar-refractivity contribution in [3.63, 3.8) is 0 Å². The molecule has 0 radical (unpaired) electrons. The van der Waals surface area contributed by atoms with Gasteiger partial charge in [0.15, 0.2) is 0 Å². The number of nitrogens with zero attached hydrogens (tertiary/aromatic N) is 2. The third kappa shape index (κ3) is 3.90. The number of benzene rings is 1. The van der Waals surface area contributed by atoms with Gasteiger partial charge in [-0.25, -0.2) is 0 Å². The Kier molecular flexibility index (Phi) is 6.88. The highest BCUT2D eigenvalue weighted by molar-refractivity contribution is 7.98. The van der Waals surface area contributed by atoms with Crippen molar-refractivity contribution in [1.82, 2.24) is 4.90 Å². The Labute approximate surface area is 126 Å². The first-order valence-corrected chi connectivity index (χ1v) is 8.16. The number of anilines is 1. The summed E-state index contributed by atoms with van der Waals surface area (Å²) in [5, 5.41) is 0. The molecule has 1 aromatic carbocycles. The molecule has 0 unspecified atom stereocenters. The average Bonchev–Trinajstić information content (AvgIpc) is 2.47. The second kappa shape index (κ2) is 8.17. The van der Waals surface area contributed by atoms with Gasteiger partial charge in [0.25, 0.3) is 0 Å². The van der Waals surface area contributed by atoms with Gasteiger partial charge in [-0.3, -0.25) is 4.79 Å². The van der Waals surface area contributed by atoms with Gasteiger partial charge in [-0.2, -0.15) is 0 Å². The molecule has 0 fully saturated rings. The Balaban J connectivity index is 2.92. The van der Waals surface area contributed by atoms with E-state index in [1.807, 2.05) is 49.1 Å². The summed E-state index contributed by atoms with van der Waals surface area (Å²) in [6, 6.07) is 6.10. The standard InChI is InChI=1S/C15H25N3OS/c1-5-18(6-2)15(19)11-17(3)13-8-7-9-14(20-4)12(13)10-16/h7-9H,5-6,10-11,16H2,1-4H3. The molecule has 1 aromatic rings. The van der Waals surface area contributed by atoms with Crippen LogP contribution in [0.1, 0.15) is 19.4 Å². The minimum absolute atomic E-state index is 0.148. The zero-order chi connectivity index (χ0) is 15.1. The monoisotopic (exact) mass is 295 g/mol. The molecule has 1 amide bonds. The highest BCUT2D eigenvalue weighted by Crippen LogP contribution is 2.28. The lowest BCUT2D eigenvalue weighted by Gasteiger charge is -2.26. The maximum absolute atomic E-state index is 12.2. The lowest BCUT2D eigenvalue weighted by Crippen LogP contribution is -2.39. The molecule has 0 atom stereocenters. The molecule has 2 N–H and O–H groups in total. The summed E-state index contributed by atoms with van der Waals surface area (Å²) in [5.41, 5.74) is 8.02. The number of nitrogens with two attached hydrogens (primary N) is 1. The van der Waals surface area contributed by atoms with Crippen molar-refractivity contribution in [2.45, 2.75) is 25.3 Å². The van der Waals surface area contributed by atoms with E-state index in [0.29, 0.717) is 13.1 Å². The number of thioether (sulfide) groups is 1. The van der Waals surface area contributed by atoms with Gasteiger partial charge in [-0.1, -0.05) is 6.07 Å². The lowest BCUT2D eigenvalue weighted by atomic mass is 10.1. The van der Waals surface area contributed by atoms with E-state index in [-0.39, 0.29) is 5.91 Å². The fraction of sp³-hybridized carbons (Fsp3) is 0.533. The Morgan fingerprint density at radius 1 is 1.30 bits per heavy atom. The zero-order valence-corrected chi connectivity index (χ0v) is 13.7. The van der Waals surface area contributed by atoms with Crippen LogP contribution in [0.2, 0.25) is 0 Å². The number of amides is 1. The Morgan fingerprint density at radius 3 is 2.45 bits per heavy atom. The maximum Gasteiger partial charge on any atom is 0.242 e. The quantitative estimate of drug-likeness (QED) is 0.783. The fourth-order valence-corrected chi connectivity index (χ4v) is 2.92. The highest BCUT2D eigenvalue weighted by atomic mass is 32.2. The number of carbonyl (C=O) groups excluding carboxylic acids is 1. The summed E-state index contributed by atoms with van der Waals surface area (Å²) < 4.78 is 0. The van der Waals surface area contributed by atoms with E-state index in [1.54, 1.807) is 11.8 Å². The smallest absolute Gasteiger partial charge is 0.242 e. The van der Waals surface area contributed by atoms with Crippen LogP contribution in [0.25, 0.3) is 0 Å². The van der Waals surface area contributed by atoms with Crippen molar-refractivity contribution >= 4 is 23.4 Å². The van der Waals surface area contributed by atoms with E-state index in [1.165, 1.54) is 4.90 Å². The van der Waals surface area contributed by atoms with Crippen LogP contribution in [0.15, 0.2) is 23.1 Å². The lowest BCUT2D eigenvalue weighted by molar-refractivity contribution is -0.129. The first-order chi connectivity index (χ1) is 9.58. The Hall–Kier alpha value is -1.20. The summed E-state index contributed by atoms with van der Waals surface area (Å²) in [5.74, 6) is 0.148. The van der Waals surface area contributed by atoms with Crippen LogP contribution in [0.4, 0.5) is 5.69 Å². The van der Waals surface area contributed by atoms with Gasteiger partial charge in [-0.05, 0) is 32.2 Å². The Bertz CT molecular complexity index is 447. The number of likely N-dealkylation sites (N-methyl/N-ethyl adjacent to an activating group) is 2. The first-order valence-electron chi connectivity index (χ1n) is 6.93. The number of rotatable bonds is 7. The molecule has 20 heavy (non-hydrogen) atoms. The molecule has 0 heterocycles. The van der Waals surface area contributed by atoms with E-state index in [4.69, 9.17) is 5.73 Å². The third-order valence-electron chi connectivity index (χ3n) is 3.43. The van der Waals surface area contributed by atoms with E-state index in [9.17, 15) is 4.79 Å². The minimum atomic E-state index is 0.148. The van der Waals surface area contributed by atoms with Crippen LogP contribution < -0.4 is 10.6 Å². The molecule has 1 rings (SSSR count). The van der Waals surface area contributed by atoms with Gasteiger partial charge < -0.3 is 15.5 Å². The van der Waals surface area contributed by atoms with Crippen molar-refractivity contribution in [2.24, 2.45) is 5.73 Å². The fourth-order valence-electron chi connectivity index (χ4n) is 2.27. The van der Waals surface area contributed by atoms with E-state index < -0.39 is 0 Å². The van der Waals surface area contributed by atoms with Gasteiger partial charge in [0.1, 0.15) is 0 Å². The summed E-state index contributed by atoms with van der Waals surface area (Å²) in [6.07, 6.45) is 2.04. The van der Waals surface area contributed by atoms with Crippen molar-refractivity contribution in [2.75, 3.05) is 37.8 Å². The van der Waals surface area contributed by atoms with Crippen LogP contribution in [-0.4, -0.2) is 43.7 Å². The van der Waals surface area contributed by atoms with Crippen LogP contribution in [-0.2, 0) is 11.3 Å². The largest absolute Gasteiger partial charge is 0.365 e. The second-order valence-electron chi connectivity index (χ2n) is 4.58. The third-order valence-corrected chi connectivity index (χ3v) is 4.25. The van der Waals surface area contributed by atoms with Crippen LogP contribution in [0, 0.1) is 0 Å². The predicted molar refractivity (Wildman–Crippen MR) is 87.3 cm³/mol. The molecule has 0 aromatic heterocycles. The molecule has 0 saturated carbocycles. The molecule has 0 spiro atoms. The molecule has 112 valence electrons. The van der Waals surface area contributed by atoms with Crippen LogP contribution in [0.3, 0.4) is 0 Å². The van der Waals surface area contributed by atoms with Crippen molar-refractivity contribution in [1.29, 1.82) is 0 Å². The van der Waals surface area contributed by atoms with Gasteiger partial charge in [0.05, 0.1) is 6.54 Å². The average molecular weight is 295 g/mol. The summed E-state index contributed by atoms with van der Waals surface area (Å²) in [7, 11) is 1.94. The number of hydrogen-bond donors (Lipinski definition) is 1. The molecule has 0 bridgehead atoms. The molecular formula is C15H25N3OS. The summed E-state index contributed by atoms with van der Waals surface area (Å²) >= 11 is 1.68. The van der Waals surface area contributed by atoms with E-state index in [0.717, 1.165) is 24.3 Å². The van der Waals surface area contributed by atoms with Crippen molar-refractivity contribution < 1.29 is 4.79 Å². The van der Waals surface area contributed by atoms with Gasteiger partial charge in [0, 0.05) is 42.8 Å². The molecule has 0 saturated heterocycles. The number of carbonyl (C=O) groups is 1. The van der Waals surface area contributed by atoms with Gasteiger partial charge in [-0.15, -0.1) is 11.8 Å². The maximum atomic E-state index is 12.2. The molecular weight excluding hydrogens is 270 g/mol. The van der Waals surface area contributed by atoms with E-state index >= 15 is 0 Å². The topological polar surface area (TPSA) is 49.6 Å². The highest BCUT2D eigenvalue weighted by Gasteiger charge is 2.16.